The summed E-state index contributed by atoms with van der Waals surface area (Å²) < 4.78 is 0. The summed E-state index contributed by atoms with van der Waals surface area (Å²) in [5.41, 5.74) is 2.73. The second kappa shape index (κ2) is 71.9. The molecule has 29 heavy (non-hydrogen) atoms. The zero-order valence-corrected chi connectivity index (χ0v) is 22.4. The van der Waals surface area contributed by atoms with Crippen molar-refractivity contribution >= 4 is 0 Å². The minimum Gasteiger partial charge on any atom is -0.400 e. The Morgan fingerprint density at radius 2 is 0.724 bits per heavy atom. The summed E-state index contributed by atoms with van der Waals surface area (Å²) in [6.45, 7) is 24.2. The molecule has 0 fully saturated rings. The zero-order chi connectivity index (χ0) is 24.9. The second-order valence-electron chi connectivity index (χ2n) is 3.49. The first kappa shape index (κ1) is 45.9. The lowest BCUT2D eigenvalue weighted by atomic mass is 10.2. The van der Waals surface area contributed by atoms with Crippen LogP contribution in [0.25, 0.3) is 0 Å². The smallest absolute Gasteiger partial charge is 0.0319 e. The van der Waals surface area contributed by atoms with Gasteiger partial charge in [0.1, 0.15) is 0 Å². The molecule has 2 aromatic carbocycles. The molecule has 0 spiro atoms. The first-order chi connectivity index (χ1) is 14.3. The Labute approximate surface area is 186 Å². The van der Waals surface area contributed by atoms with Gasteiger partial charge >= 0.3 is 0 Å². The van der Waals surface area contributed by atoms with E-state index in [-0.39, 0.29) is 0 Å². The van der Waals surface area contributed by atoms with E-state index in [0.29, 0.717) is 0 Å². The first-order valence-corrected chi connectivity index (χ1v) is 11.3. The van der Waals surface area contributed by atoms with Gasteiger partial charge < -0.3 is 10.2 Å². The normalized spacial score (nSPS) is 6.07. The third-order valence-electron chi connectivity index (χ3n) is 2.19. The van der Waals surface area contributed by atoms with Crippen LogP contribution in [0.3, 0.4) is 0 Å². The van der Waals surface area contributed by atoms with Crippen molar-refractivity contribution in [1.29, 1.82) is 0 Å². The Morgan fingerprint density at radius 1 is 0.483 bits per heavy atom. The summed E-state index contributed by atoms with van der Waals surface area (Å²) in [6.07, 6.45) is 1.14. The number of rotatable bonds is 1. The number of aryl methyl sites for hydroxylation is 2. The van der Waals surface area contributed by atoms with Crippen LogP contribution in [0.5, 0.6) is 0 Å². The molecule has 0 unspecified atom stereocenters. The summed E-state index contributed by atoms with van der Waals surface area (Å²) in [5.74, 6) is 0. The maximum absolute atomic E-state index is 7.00. The van der Waals surface area contributed by atoms with Crippen molar-refractivity contribution in [2.24, 2.45) is 0 Å². The maximum atomic E-state index is 7.00. The van der Waals surface area contributed by atoms with Gasteiger partial charge in [0.25, 0.3) is 0 Å². The quantitative estimate of drug-likeness (QED) is 0.492. The predicted octanol–water partition coefficient (Wildman–Crippen LogP) is 8.59. The van der Waals surface area contributed by atoms with E-state index < -0.39 is 0 Å². The molecule has 2 N–H and O–H groups in total. The highest BCUT2D eigenvalue weighted by molar-refractivity contribution is 5.14. The SMILES string of the molecule is CC.CC.CC.CC.CC.CCc1ccccc1.CO.CO.Cc1ccccc1. The fraction of sp³-hybridized carbons (Fsp3) is 0.556. The molecule has 0 aliphatic carbocycles. The molecule has 0 aromatic heterocycles. The molecular formula is C27H56O2. The molecule has 0 saturated heterocycles. The monoisotopic (exact) mass is 412 g/mol. The van der Waals surface area contributed by atoms with Gasteiger partial charge in [0.15, 0.2) is 0 Å². The van der Waals surface area contributed by atoms with E-state index in [0.717, 1.165) is 20.6 Å². The Balaban J connectivity index is -0.0000000422. The topological polar surface area (TPSA) is 40.5 Å². The molecule has 0 aliphatic heterocycles. The third-order valence-corrected chi connectivity index (χ3v) is 2.19. The lowest BCUT2D eigenvalue weighted by Crippen LogP contribution is -1.73. The van der Waals surface area contributed by atoms with Gasteiger partial charge in [0.05, 0.1) is 0 Å². The van der Waals surface area contributed by atoms with E-state index in [1.54, 1.807) is 0 Å². The van der Waals surface area contributed by atoms with Crippen LogP contribution < -0.4 is 0 Å². The van der Waals surface area contributed by atoms with Crippen LogP contribution in [-0.2, 0) is 6.42 Å². The van der Waals surface area contributed by atoms with Crippen molar-refractivity contribution in [2.75, 3.05) is 14.2 Å². The lowest BCUT2D eigenvalue weighted by Gasteiger charge is -1.89. The van der Waals surface area contributed by atoms with Gasteiger partial charge in [-0.05, 0) is 18.9 Å². The molecule has 0 bridgehead atoms. The molecular weight excluding hydrogens is 356 g/mol. The van der Waals surface area contributed by atoms with Crippen LogP contribution in [0, 0.1) is 6.92 Å². The molecule has 0 amide bonds. The van der Waals surface area contributed by atoms with Crippen LogP contribution in [0.1, 0.15) is 87.3 Å². The first-order valence-electron chi connectivity index (χ1n) is 11.3. The van der Waals surface area contributed by atoms with Crippen molar-refractivity contribution in [1.82, 2.24) is 0 Å². The van der Waals surface area contributed by atoms with E-state index in [1.807, 2.05) is 93.5 Å². The largest absolute Gasteiger partial charge is 0.400 e. The fourth-order valence-corrected chi connectivity index (χ4v) is 1.25. The van der Waals surface area contributed by atoms with E-state index in [4.69, 9.17) is 10.2 Å². The molecule has 2 aromatic rings. The molecule has 0 aliphatic rings. The minimum atomic E-state index is 1.00. The summed E-state index contributed by atoms with van der Waals surface area (Å²) in [7, 11) is 2.00. The minimum absolute atomic E-state index is 1.00. The highest BCUT2D eigenvalue weighted by atomic mass is 16.2. The van der Waals surface area contributed by atoms with Gasteiger partial charge in [-0.15, -0.1) is 0 Å². The Bertz CT molecular complexity index is 359. The van der Waals surface area contributed by atoms with E-state index in [9.17, 15) is 0 Å². The van der Waals surface area contributed by atoms with Crippen LogP contribution in [0.2, 0.25) is 0 Å². The van der Waals surface area contributed by atoms with Gasteiger partial charge in [0, 0.05) is 14.2 Å². The van der Waals surface area contributed by atoms with Gasteiger partial charge in [-0.3, -0.25) is 0 Å². The third kappa shape index (κ3) is 58.4. The average molecular weight is 413 g/mol. The average Bonchev–Trinajstić information content (AvgIpc) is 2.89. The summed E-state index contributed by atoms with van der Waals surface area (Å²) in [6, 6.07) is 20.7. The van der Waals surface area contributed by atoms with Gasteiger partial charge in [-0.25, -0.2) is 0 Å². The van der Waals surface area contributed by atoms with Gasteiger partial charge in [-0.1, -0.05) is 142 Å². The highest BCUT2D eigenvalue weighted by Gasteiger charge is 1.80. The molecule has 0 saturated carbocycles. The standard InChI is InChI=1S/C8H10.C7H8.5C2H6.2CH4O/c1-2-8-6-4-3-5-7-8;1-7-5-3-2-4-6-7;7*1-2/h3-7H,2H2,1H3;2-6H,1H3;5*1-2H3;2*2H,1H3. The van der Waals surface area contributed by atoms with Crippen LogP contribution >= 0.6 is 0 Å². The molecule has 2 heteroatoms. The van der Waals surface area contributed by atoms with E-state index >= 15 is 0 Å². The molecule has 0 heterocycles. The summed E-state index contributed by atoms with van der Waals surface area (Å²) in [4.78, 5) is 0. The highest BCUT2D eigenvalue weighted by Crippen LogP contribution is 1.96. The van der Waals surface area contributed by atoms with Crippen LogP contribution in [-0.4, -0.2) is 24.4 Å². The fourth-order valence-electron chi connectivity index (χ4n) is 1.25. The van der Waals surface area contributed by atoms with Crippen molar-refractivity contribution in [3.8, 4) is 0 Å². The Morgan fingerprint density at radius 3 is 0.862 bits per heavy atom. The Kier molecular flexibility index (Phi) is 114. The van der Waals surface area contributed by atoms with E-state index in [2.05, 4.69) is 50.2 Å². The van der Waals surface area contributed by atoms with Crippen LogP contribution in [0.4, 0.5) is 0 Å². The zero-order valence-electron chi connectivity index (χ0n) is 22.4. The van der Waals surface area contributed by atoms with Crippen molar-refractivity contribution < 1.29 is 10.2 Å². The van der Waals surface area contributed by atoms with Crippen molar-refractivity contribution in [3.05, 3.63) is 71.8 Å². The predicted molar refractivity (Wildman–Crippen MR) is 140 cm³/mol. The van der Waals surface area contributed by atoms with Crippen molar-refractivity contribution in [3.63, 3.8) is 0 Å². The van der Waals surface area contributed by atoms with Gasteiger partial charge in [-0.2, -0.15) is 0 Å². The van der Waals surface area contributed by atoms with Crippen molar-refractivity contribution in [2.45, 2.75) is 89.5 Å². The molecule has 2 nitrogen and oxygen atoms in total. The maximum Gasteiger partial charge on any atom is 0.0319 e. The number of aliphatic hydroxyl groups is 2. The molecule has 0 radical (unpaired) electrons. The number of hydrogen-bond acceptors (Lipinski definition) is 2. The summed E-state index contributed by atoms with van der Waals surface area (Å²) in [5, 5.41) is 14.0. The van der Waals surface area contributed by atoms with Crippen LogP contribution in [0.15, 0.2) is 60.7 Å². The number of aliphatic hydroxyl groups excluding tert-OH is 2. The lowest BCUT2D eigenvalue weighted by molar-refractivity contribution is 0.399. The van der Waals surface area contributed by atoms with E-state index in [1.165, 1.54) is 11.1 Å². The molecule has 0 atom stereocenters. The molecule has 2 rings (SSSR count). The Hall–Kier alpha value is -1.64. The second-order valence-corrected chi connectivity index (χ2v) is 3.49. The van der Waals surface area contributed by atoms with Gasteiger partial charge in [0.2, 0.25) is 0 Å². The molecule has 176 valence electrons. The number of hydrogen-bond donors (Lipinski definition) is 2. The summed E-state index contributed by atoms with van der Waals surface area (Å²) >= 11 is 0. The number of benzene rings is 2.